The van der Waals surface area contributed by atoms with Crippen LogP contribution in [0.15, 0.2) is 11.6 Å². The van der Waals surface area contributed by atoms with Crippen molar-refractivity contribution in [2.45, 2.75) is 58.7 Å². The molecule has 1 aliphatic heterocycles. The standard InChI is InChI=1S/C16H24O3/c1-14(2)8-5-9-15(3)12(14)7-6-11-10-13(17)19-16(11,15)18-4/h10,12H,5-9H2,1-4H3/t12?,15-,16-/m0/s1. The highest BCUT2D eigenvalue weighted by molar-refractivity contribution is 5.86. The first-order valence-corrected chi connectivity index (χ1v) is 7.35. The van der Waals surface area contributed by atoms with Crippen LogP contribution in [0.2, 0.25) is 0 Å². The van der Waals surface area contributed by atoms with E-state index >= 15 is 0 Å². The third kappa shape index (κ3) is 1.51. The van der Waals surface area contributed by atoms with Crippen LogP contribution in [0, 0.1) is 16.7 Å². The lowest BCUT2D eigenvalue weighted by atomic mass is 9.49. The molecule has 0 N–H and O–H groups in total. The third-order valence-corrected chi connectivity index (χ3v) is 5.93. The molecule has 2 aliphatic carbocycles. The van der Waals surface area contributed by atoms with E-state index in [1.54, 1.807) is 13.2 Å². The first-order valence-electron chi connectivity index (χ1n) is 7.35. The molecule has 0 bridgehead atoms. The van der Waals surface area contributed by atoms with Crippen LogP contribution < -0.4 is 0 Å². The van der Waals surface area contributed by atoms with E-state index in [1.165, 1.54) is 12.8 Å². The van der Waals surface area contributed by atoms with E-state index in [2.05, 4.69) is 20.8 Å². The van der Waals surface area contributed by atoms with E-state index in [0.29, 0.717) is 11.3 Å². The molecule has 1 heterocycles. The van der Waals surface area contributed by atoms with Crippen LogP contribution in [0.3, 0.4) is 0 Å². The summed E-state index contributed by atoms with van der Waals surface area (Å²) in [6.45, 7) is 6.96. The van der Waals surface area contributed by atoms with Crippen molar-refractivity contribution in [3.8, 4) is 0 Å². The molecule has 0 aromatic carbocycles. The zero-order chi connectivity index (χ0) is 13.9. The summed E-state index contributed by atoms with van der Waals surface area (Å²) in [4.78, 5) is 11.8. The smallest absolute Gasteiger partial charge is 0.333 e. The molecule has 106 valence electrons. The molecule has 3 heteroatoms. The van der Waals surface area contributed by atoms with Gasteiger partial charge in [-0.1, -0.05) is 27.2 Å². The monoisotopic (exact) mass is 264 g/mol. The highest BCUT2D eigenvalue weighted by atomic mass is 16.7. The molecule has 3 atom stereocenters. The molecule has 3 nitrogen and oxygen atoms in total. The van der Waals surface area contributed by atoms with Crippen molar-refractivity contribution in [2.24, 2.45) is 16.7 Å². The number of esters is 1. The summed E-state index contributed by atoms with van der Waals surface area (Å²) < 4.78 is 11.5. The first kappa shape index (κ1) is 13.2. The number of carbonyl (C=O) groups is 1. The maximum atomic E-state index is 11.8. The van der Waals surface area contributed by atoms with Gasteiger partial charge in [0.05, 0.1) is 0 Å². The van der Waals surface area contributed by atoms with Gasteiger partial charge < -0.3 is 9.47 Å². The Bertz CT molecular complexity index is 451. The molecule has 2 fully saturated rings. The first-order chi connectivity index (χ1) is 8.86. The molecular weight excluding hydrogens is 240 g/mol. The van der Waals surface area contributed by atoms with Gasteiger partial charge in [0.15, 0.2) is 0 Å². The summed E-state index contributed by atoms with van der Waals surface area (Å²) in [5.74, 6) is -0.496. The molecule has 3 rings (SSSR count). The quantitative estimate of drug-likeness (QED) is 0.681. The minimum Gasteiger partial charge on any atom is -0.425 e. The number of rotatable bonds is 1. The lowest BCUT2D eigenvalue weighted by Crippen LogP contribution is -2.61. The Balaban J connectivity index is 2.10. The van der Waals surface area contributed by atoms with Crippen molar-refractivity contribution in [1.82, 2.24) is 0 Å². The second-order valence-corrected chi connectivity index (χ2v) is 7.26. The van der Waals surface area contributed by atoms with Crippen molar-refractivity contribution >= 4 is 5.97 Å². The van der Waals surface area contributed by atoms with Crippen LogP contribution in [0.1, 0.15) is 52.9 Å². The molecule has 19 heavy (non-hydrogen) atoms. The van der Waals surface area contributed by atoms with Crippen LogP contribution in [0.25, 0.3) is 0 Å². The molecule has 0 radical (unpaired) electrons. The number of hydrogen-bond donors (Lipinski definition) is 0. The Hall–Kier alpha value is -0.830. The van der Waals surface area contributed by atoms with Gasteiger partial charge in [-0.25, -0.2) is 4.79 Å². The van der Waals surface area contributed by atoms with Crippen LogP contribution in [0.5, 0.6) is 0 Å². The molecule has 3 aliphatic rings. The van der Waals surface area contributed by atoms with Crippen molar-refractivity contribution in [1.29, 1.82) is 0 Å². The predicted molar refractivity (Wildman–Crippen MR) is 72.4 cm³/mol. The average Bonchev–Trinajstić information content (AvgIpc) is 2.66. The van der Waals surface area contributed by atoms with Gasteiger partial charge in [0, 0.05) is 24.2 Å². The normalized spacial score (nSPS) is 44.1. The molecule has 0 spiro atoms. The van der Waals surface area contributed by atoms with E-state index in [1.807, 2.05) is 0 Å². The van der Waals surface area contributed by atoms with Crippen molar-refractivity contribution in [3.05, 3.63) is 11.6 Å². The van der Waals surface area contributed by atoms with Gasteiger partial charge in [0.1, 0.15) is 0 Å². The van der Waals surface area contributed by atoms with Gasteiger partial charge in [0.2, 0.25) is 5.79 Å². The fourth-order valence-corrected chi connectivity index (χ4v) is 5.13. The summed E-state index contributed by atoms with van der Waals surface area (Å²) in [5.41, 5.74) is 1.25. The molecule has 0 amide bonds. The Morgan fingerprint density at radius 2 is 2.05 bits per heavy atom. The van der Waals surface area contributed by atoms with E-state index in [0.717, 1.165) is 24.8 Å². The fraction of sp³-hybridized carbons (Fsp3) is 0.812. The largest absolute Gasteiger partial charge is 0.425 e. The van der Waals surface area contributed by atoms with Gasteiger partial charge in [-0.05, 0) is 37.0 Å². The number of hydrogen-bond acceptors (Lipinski definition) is 3. The molecule has 2 saturated carbocycles. The van der Waals surface area contributed by atoms with E-state index in [4.69, 9.17) is 9.47 Å². The lowest BCUT2D eigenvalue weighted by molar-refractivity contribution is -0.280. The summed E-state index contributed by atoms with van der Waals surface area (Å²) in [5, 5.41) is 0. The highest BCUT2D eigenvalue weighted by Gasteiger charge is 2.66. The Labute approximate surface area is 115 Å². The Kier molecular flexibility index (Phi) is 2.66. The molecule has 0 aromatic heterocycles. The minimum atomic E-state index is -0.801. The van der Waals surface area contributed by atoms with Crippen LogP contribution in [-0.2, 0) is 14.3 Å². The van der Waals surface area contributed by atoms with E-state index < -0.39 is 5.79 Å². The van der Waals surface area contributed by atoms with Crippen molar-refractivity contribution in [2.75, 3.05) is 7.11 Å². The summed E-state index contributed by atoms with van der Waals surface area (Å²) >= 11 is 0. The predicted octanol–water partition coefficient (Wildman–Crippen LogP) is 3.44. The Morgan fingerprint density at radius 1 is 1.32 bits per heavy atom. The minimum absolute atomic E-state index is 0.0975. The zero-order valence-corrected chi connectivity index (χ0v) is 12.4. The molecule has 0 saturated heterocycles. The summed E-state index contributed by atoms with van der Waals surface area (Å²) in [6.07, 6.45) is 7.21. The van der Waals surface area contributed by atoms with Crippen LogP contribution in [0.4, 0.5) is 0 Å². The number of ether oxygens (including phenoxy) is 2. The average molecular weight is 264 g/mol. The number of carbonyl (C=O) groups excluding carboxylic acids is 1. The van der Waals surface area contributed by atoms with Crippen molar-refractivity contribution < 1.29 is 14.3 Å². The van der Waals surface area contributed by atoms with Gasteiger partial charge in [-0.15, -0.1) is 0 Å². The second kappa shape index (κ2) is 3.85. The van der Waals surface area contributed by atoms with Gasteiger partial charge >= 0.3 is 5.97 Å². The molecule has 1 unspecified atom stereocenters. The van der Waals surface area contributed by atoms with E-state index in [-0.39, 0.29) is 11.4 Å². The lowest BCUT2D eigenvalue weighted by Gasteiger charge is -2.60. The summed E-state index contributed by atoms with van der Waals surface area (Å²) in [6, 6.07) is 0. The molecular formula is C16H24O3. The fourth-order valence-electron chi connectivity index (χ4n) is 5.13. The summed E-state index contributed by atoms with van der Waals surface area (Å²) in [7, 11) is 1.68. The SMILES string of the molecule is CO[C@]12OC(=O)C=C1CCC1C(C)(C)CCC[C@@]12C. The maximum absolute atomic E-state index is 11.8. The zero-order valence-electron chi connectivity index (χ0n) is 12.4. The van der Waals surface area contributed by atoms with E-state index in [9.17, 15) is 4.79 Å². The molecule has 0 aromatic rings. The second-order valence-electron chi connectivity index (χ2n) is 7.26. The topological polar surface area (TPSA) is 35.5 Å². The van der Waals surface area contributed by atoms with Gasteiger partial charge in [-0.3, -0.25) is 0 Å². The van der Waals surface area contributed by atoms with Gasteiger partial charge in [0.25, 0.3) is 0 Å². The number of fused-ring (bicyclic) bond motifs is 3. The third-order valence-electron chi connectivity index (χ3n) is 5.93. The van der Waals surface area contributed by atoms with Crippen LogP contribution in [-0.4, -0.2) is 18.9 Å². The van der Waals surface area contributed by atoms with Gasteiger partial charge in [-0.2, -0.15) is 0 Å². The van der Waals surface area contributed by atoms with Crippen LogP contribution >= 0.6 is 0 Å². The maximum Gasteiger partial charge on any atom is 0.333 e. The van der Waals surface area contributed by atoms with Crippen molar-refractivity contribution in [3.63, 3.8) is 0 Å². The number of methoxy groups -OCH3 is 1. The Morgan fingerprint density at radius 3 is 2.74 bits per heavy atom. The highest BCUT2D eigenvalue weighted by Crippen LogP contribution is 2.64.